The van der Waals surface area contributed by atoms with Gasteiger partial charge < -0.3 is 4.90 Å². The molecule has 17 heavy (non-hydrogen) atoms. The zero-order valence-electron chi connectivity index (χ0n) is 10.5. The second-order valence-corrected chi connectivity index (χ2v) is 5.84. The molecule has 0 bridgehead atoms. The van der Waals surface area contributed by atoms with Gasteiger partial charge in [-0.15, -0.1) is 0 Å². The van der Waals surface area contributed by atoms with E-state index in [1.165, 1.54) is 11.1 Å². The topological polar surface area (TPSA) is 38.1 Å². The van der Waals surface area contributed by atoms with E-state index in [9.17, 15) is 4.79 Å². The van der Waals surface area contributed by atoms with Crippen LogP contribution in [0.2, 0.25) is 5.02 Å². The van der Waals surface area contributed by atoms with Crippen LogP contribution in [0, 0.1) is 5.41 Å². The highest BCUT2D eigenvalue weighted by molar-refractivity contribution is 6.33. The fraction of sp³-hybridized carbons (Fsp3) is 0.667. The van der Waals surface area contributed by atoms with Gasteiger partial charge in [0, 0.05) is 20.1 Å². The first-order chi connectivity index (χ1) is 7.91. The molecule has 2 rings (SSSR count). The molecule has 0 N–H and O–H groups in total. The average molecular weight is 256 g/mol. The molecule has 0 atom stereocenters. The van der Waals surface area contributed by atoms with E-state index in [1.54, 1.807) is 13.2 Å². The Morgan fingerprint density at radius 1 is 1.47 bits per heavy atom. The average Bonchev–Trinajstić information content (AvgIpc) is 2.25. The second kappa shape index (κ2) is 4.33. The van der Waals surface area contributed by atoms with Gasteiger partial charge in [0.05, 0.1) is 11.9 Å². The molecule has 4 nitrogen and oxygen atoms in total. The predicted molar refractivity (Wildman–Crippen MR) is 69.7 cm³/mol. The van der Waals surface area contributed by atoms with Gasteiger partial charge >= 0.3 is 0 Å². The highest BCUT2D eigenvalue weighted by Gasteiger charge is 2.28. The zero-order valence-corrected chi connectivity index (χ0v) is 11.3. The Morgan fingerprint density at radius 3 is 2.82 bits per heavy atom. The number of piperidine rings is 1. The van der Waals surface area contributed by atoms with E-state index in [0.29, 0.717) is 0 Å². The summed E-state index contributed by atoms with van der Waals surface area (Å²) in [4.78, 5) is 13.9. The van der Waals surface area contributed by atoms with Gasteiger partial charge in [-0.3, -0.25) is 4.79 Å². The van der Waals surface area contributed by atoms with E-state index in [4.69, 9.17) is 11.6 Å². The summed E-state index contributed by atoms with van der Waals surface area (Å²) in [5.41, 5.74) is 0.804. The summed E-state index contributed by atoms with van der Waals surface area (Å²) in [7, 11) is 1.61. The maximum absolute atomic E-state index is 11.7. The minimum atomic E-state index is -0.229. The van der Waals surface area contributed by atoms with E-state index < -0.39 is 0 Å². The lowest BCUT2D eigenvalue weighted by molar-refractivity contribution is 0.293. The smallest absolute Gasteiger partial charge is 0.287 e. The van der Waals surface area contributed by atoms with Crippen LogP contribution in [0.4, 0.5) is 5.69 Å². The normalized spacial score (nSPS) is 19.4. The minimum Gasteiger partial charge on any atom is -0.368 e. The first-order valence-electron chi connectivity index (χ1n) is 5.87. The molecule has 0 aromatic carbocycles. The Morgan fingerprint density at radius 2 is 2.18 bits per heavy atom. The summed E-state index contributed by atoms with van der Waals surface area (Å²) in [5, 5.41) is 4.32. The Kier molecular flexibility index (Phi) is 3.17. The Hall–Kier alpha value is -1.03. The van der Waals surface area contributed by atoms with Crippen molar-refractivity contribution in [2.24, 2.45) is 12.5 Å². The number of hydrogen-bond acceptors (Lipinski definition) is 3. The molecule has 1 aliphatic heterocycles. The summed E-state index contributed by atoms with van der Waals surface area (Å²) >= 11 is 6.11. The number of halogens is 1. The molecule has 0 saturated carbocycles. The Bertz CT molecular complexity index is 481. The Balaban J connectivity index is 2.35. The molecule has 0 unspecified atom stereocenters. The van der Waals surface area contributed by atoms with E-state index in [0.717, 1.165) is 25.2 Å². The van der Waals surface area contributed by atoms with Crippen molar-refractivity contribution in [2.45, 2.75) is 26.7 Å². The molecule has 1 aliphatic rings. The summed E-state index contributed by atoms with van der Waals surface area (Å²) in [5.74, 6) is 0. The zero-order chi connectivity index (χ0) is 12.6. The van der Waals surface area contributed by atoms with Crippen molar-refractivity contribution in [1.82, 2.24) is 9.78 Å². The van der Waals surface area contributed by atoms with Crippen LogP contribution in [0.5, 0.6) is 0 Å². The van der Waals surface area contributed by atoms with Crippen LogP contribution in [-0.2, 0) is 7.05 Å². The SMILES string of the molecule is Cn1ncc(N2CCCC(C)(C)C2)c(Cl)c1=O. The van der Waals surface area contributed by atoms with Crippen molar-refractivity contribution in [3.05, 3.63) is 21.6 Å². The summed E-state index contributed by atoms with van der Waals surface area (Å²) in [6.45, 7) is 6.34. The molecule has 1 aromatic heterocycles. The minimum absolute atomic E-state index is 0.229. The van der Waals surface area contributed by atoms with Crippen LogP contribution >= 0.6 is 11.6 Å². The van der Waals surface area contributed by atoms with Crippen molar-refractivity contribution in [3.8, 4) is 0 Å². The first kappa shape index (κ1) is 12.4. The van der Waals surface area contributed by atoms with Crippen molar-refractivity contribution in [1.29, 1.82) is 0 Å². The Labute approximate surface area is 106 Å². The summed E-state index contributed by atoms with van der Waals surface area (Å²) in [6.07, 6.45) is 4.02. The molecule has 1 aromatic rings. The van der Waals surface area contributed by atoms with Crippen LogP contribution in [0.25, 0.3) is 0 Å². The van der Waals surface area contributed by atoms with Gasteiger partial charge in [0.25, 0.3) is 5.56 Å². The second-order valence-electron chi connectivity index (χ2n) is 5.46. The molecule has 2 heterocycles. The van der Waals surface area contributed by atoms with Crippen LogP contribution in [0.15, 0.2) is 11.0 Å². The van der Waals surface area contributed by atoms with Crippen LogP contribution in [-0.4, -0.2) is 22.9 Å². The lowest BCUT2D eigenvalue weighted by atomic mass is 9.84. The molecule has 1 saturated heterocycles. The fourth-order valence-electron chi connectivity index (χ4n) is 2.35. The van der Waals surface area contributed by atoms with E-state index in [1.807, 2.05) is 0 Å². The van der Waals surface area contributed by atoms with Gasteiger partial charge in [-0.25, -0.2) is 4.68 Å². The molecule has 94 valence electrons. The molecule has 5 heteroatoms. The van der Waals surface area contributed by atoms with Gasteiger partial charge in [-0.1, -0.05) is 25.4 Å². The summed E-state index contributed by atoms with van der Waals surface area (Å²) < 4.78 is 1.26. The highest BCUT2D eigenvalue weighted by atomic mass is 35.5. The molecular formula is C12H18ClN3O. The molecule has 0 amide bonds. The summed E-state index contributed by atoms with van der Waals surface area (Å²) in [6, 6.07) is 0. The van der Waals surface area contributed by atoms with Gasteiger partial charge in [-0.2, -0.15) is 5.10 Å². The van der Waals surface area contributed by atoms with Crippen molar-refractivity contribution in [2.75, 3.05) is 18.0 Å². The number of nitrogens with zero attached hydrogens (tertiary/aromatic N) is 3. The fourth-order valence-corrected chi connectivity index (χ4v) is 2.64. The highest BCUT2D eigenvalue weighted by Crippen LogP contribution is 2.33. The van der Waals surface area contributed by atoms with Gasteiger partial charge in [-0.05, 0) is 18.3 Å². The molecule has 0 radical (unpaired) electrons. The third-order valence-electron chi connectivity index (χ3n) is 3.30. The third kappa shape index (κ3) is 2.46. The largest absolute Gasteiger partial charge is 0.368 e. The number of rotatable bonds is 1. The van der Waals surface area contributed by atoms with Crippen molar-refractivity contribution in [3.63, 3.8) is 0 Å². The molecule has 1 fully saturated rings. The monoisotopic (exact) mass is 255 g/mol. The van der Waals surface area contributed by atoms with Gasteiger partial charge in [0.15, 0.2) is 0 Å². The lowest BCUT2D eigenvalue weighted by Crippen LogP contribution is -2.41. The maximum Gasteiger partial charge on any atom is 0.287 e. The number of hydrogen-bond donors (Lipinski definition) is 0. The van der Waals surface area contributed by atoms with Crippen molar-refractivity contribution < 1.29 is 0 Å². The van der Waals surface area contributed by atoms with Crippen LogP contribution in [0.3, 0.4) is 0 Å². The van der Waals surface area contributed by atoms with Gasteiger partial charge in [0.2, 0.25) is 0 Å². The van der Waals surface area contributed by atoms with Crippen LogP contribution in [0.1, 0.15) is 26.7 Å². The van der Waals surface area contributed by atoms with Crippen molar-refractivity contribution >= 4 is 17.3 Å². The standard InChI is InChI=1S/C12H18ClN3O/c1-12(2)5-4-6-16(8-12)9-7-14-15(3)11(17)10(9)13/h7H,4-6,8H2,1-3H3. The number of aromatic nitrogens is 2. The molecule has 0 spiro atoms. The lowest BCUT2D eigenvalue weighted by Gasteiger charge is -2.39. The van der Waals surface area contributed by atoms with E-state index in [-0.39, 0.29) is 16.0 Å². The van der Waals surface area contributed by atoms with Gasteiger partial charge in [0.1, 0.15) is 5.02 Å². The quantitative estimate of drug-likeness (QED) is 0.771. The van der Waals surface area contributed by atoms with Crippen LogP contribution < -0.4 is 10.5 Å². The molecule has 0 aliphatic carbocycles. The van der Waals surface area contributed by atoms with E-state index >= 15 is 0 Å². The number of anilines is 1. The third-order valence-corrected chi connectivity index (χ3v) is 3.66. The number of aryl methyl sites for hydroxylation is 1. The van der Waals surface area contributed by atoms with E-state index in [2.05, 4.69) is 23.8 Å². The maximum atomic E-state index is 11.7. The molecular weight excluding hydrogens is 238 g/mol. The predicted octanol–water partition coefficient (Wildman–Crippen LogP) is 2.06. The first-order valence-corrected chi connectivity index (χ1v) is 6.25.